The molecular weight excluding hydrogens is 173 g/mol. The molecule has 1 rings (SSSR count). The Labute approximate surface area is 77.3 Å². The van der Waals surface area contributed by atoms with Crippen molar-refractivity contribution in [3.63, 3.8) is 0 Å². The van der Waals surface area contributed by atoms with Crippen molar-refractivity contribution < 1.29 is 14.3 Å². The van der Waals surface area contributed by atoms with Crippen LogP contribution in [0.2, 0.25) is 0 Å². The van der Waals surface area contributed by atoms with Crippen molar-refractivity contribution >= 4 is 5.91 Å². The average Bonchev–Trinajstić information content (AvgIpc) is 2.49. The van der Waals surface area contributed by atoms with Gasteiger partial charge in [0, 0.05) is 6.54 Å². The fraction of sp³-hybridized carbons (Fsp3) is 0.889. The molecule has 1 amide bonds. The Morgan fingerprint density at radius 2 is 2.15 bits per heavy atom. The first-order valence-electron chi connectivity index (χ1n) is 4.70. The van der Waals surface area contributed by atoms with Gasteiger partial charge in [-0.1, -0.05) is 0 Å². The zero-order chi connectivity index (χ0) is 9.90. The standard InChI is InChI=1S/C9H16FNO2/c1-7(12)6-11-8(13)9(10)4-2-3-5-9/h7,12H,2-6H2,1H3,(H,11,13). The zero-order valence-corrected chi connectivity index (χ0v) is 7.85. The van der Waals surface area contributed by atoms with Gasteiger partial charge in [-0.3, -0.25) is 4.79 Å². The quantitative estimate of drug-likeness (QED) is 0.688. The number of hydrogen-bond donors (Lipinski definition) is 2. The highest BCUT2D eigenvalue weighted by Gasteiger charge is 2.41. The maximum Gasteiger partial charge on any atom is 0.257 e. The lowest BCUT2D eigenvalue weighted by Gasteiger charge is -2.18. The molecule has 1 atom stereocenters. The summed E-state index contributed by atoms with van der Waals surface area (Å²) in [6.45, 7) is 1.68. The molecule has 1 fully saturated rings. The minimum Gasteiger partial charge on any atom is -0.392 e. The molecule has 1 saturated carbocycles. The number of alkyl halides is 1. The summed E-state index contributed by atoms with van der Waals surface area (Å²) in [5.41, 5.74) is -1.67. The number of aliphatic hydroxyl groups excluding tert-OH is 1. The van der Waals surface area contributed by atoms with Crippen LogP contribution in [-0.4, -0.2) is 29.3 Å². The predicted molar refractivity (Wildman–Crippen MR) is 47.0 cm³/mol. The molecule has 0 aliphatic heterocycles. The summed E-state index contributed by atoms with van der Waals surface area (Å²) in [7, 11) is 0. The summed E-state index contributed by atoms with van der Waals surface area (Å²) in [4.78, 5) is 11.3. The third-order valence-electron chi connectivity index (χ3n) is 2.36. The van der Waals surface area contributed by atoms with E-state index in [1.807, 2.05) is 0 Å². The van der Waals surface area contributed by atoms with E-state index in [1.54, 1.807) is 6.92 Å². The van der Waals surface area contributed by atoms with Crippen molar-refractivity contribution in [2.75, 3.05) is 6.54 Å². The third kappa shape index (κ3) is 2.66. The lowest BCUT2D eigenvalue weighted by Crippen LogP contribution is -2.43. The Hall–Kier alpha value is -0.640. The second-order valence-corrected chi connectivity index (χ2v) is 3.73. The number of halogens is 1. The molecule has 0 heterocycles. The number of nitrogens with one attached hydrogen (secondary N) is 1. The van der Waals surface area contributed by atoms with E-state index in [-0.39, 0.29) is 6.54 Å². The maximum atomic E-state index is 13.7. The molecule has 0 spiro atoms. The van der Waals surface area contributed by atoms with Gasteiger partial charge in [-0.15, -0.1) is 0 Å². The third-order valence-corrected chi connectivity index (χ3v) is 2.36. The minimum atomic E-state index is -1.67. The minimum absolute atomic E-state index is 0.129. The Balaban J connectivity index is 2.38. The summed E-state index contributed by atoms with van der Waals surface area (Å²) in [6, 6.07) is 0. The van der Waals surface area contributed by atoms with Crippen LogP contribution in [0.3, 0.4) is 0 Å². The number of rotatable bonds is 3. The molecule has 0 aromatic rings. The largest absolute Gasteiger partial charge is 0.392 e. The Morgan fingerprint density at radius 3 is 2.62 bits per heavy atom. The van der Waals surface area contributed by atoms with Gasteiger partial charge >= 0.3 is 0 Å². The van der Waals surface area contributed by atoms with Gasteiger partial charge < -0.3 is 10.4 Å². The van der Waals surface area contributed by atoms with Gasteiger partial charge in [0.2, 0.25) is 0 Å². The van der Waals surface area contributed by atoms with Crippen molar-refractivity contribution in [1.82, 2.24) is 5.32 Å². The summed E-state index contributed by atoms with van der Waals surface area (Å²) >= 11 is 0. The van der Waals surface area contributed by atoms with E-state index >= 15 is 0 Å². The van der Waals surface area contributed by atoms with Gasteiger partial charge in [0.05, 0.1) is 6.10 Å². The Kier molecular flexibility index (Phi) is 3.25. The average molecular weight is 189 g/mol. The van der Waals surface area contributed by atoms with Crippen LogP contribution >= 0.6 is 0 Å². The van der Waals surface area contributed by atoms with E-state index in [2.05, 4.69) is 5.32 Å². The van der Waals surface area contributed by atoms with Gasteiger partial charge in [-0.05, 0) is 32.6 Å². The molecule has 2 N–H and O–H groups in total. The molecule has 13 heavy (non-hydrogen) atoms. The molecule has 1 aliphatic rings. The zero-order valence-electron chi connectivity index (χ0n) is 7.85. The van der Waals surface area contributed by atoms with E-state index in [0.717, 1.165) is 12.8 Å². The van der Waals surface area contributed by atoms with Gasteiger partial charge in [-0.25, -0.2) is 4.39 Å². The second kappa shape index (κ2) is 4.05. The summed E-state index contributed by atoms with van der Waals surface area (Å²) in [5.74, 6) is -0.564. The van der Waals surface area contributed by atoms with Crippen LogP contribution in [0, 0.1) is 0 Å². The fourth-order valence-electron chi connectivity index (χ4n) is 1.56. The van der Waals surface area contributed by atoms with Gasteiger partial charge in [-0.2, -0.15) is 0 Å². The van der Waals surface area contributed by atoms with Gasteiger partial charge in [0.1, 0.15) is 0 Å². The first-order chi connectivity index (χ1) is 6.04. The van der Waals surface area contributed by atoms with E-state index < -0.39 is 17.7 Å². The SMILES string of the molecule is CC(O)CNC(=O)C1(F)CCCC1. The maximum absolute atomic E-state index is 13.7. The lowest BCUT2D eigenvalue weighted by molar-refractivity contribution is -0.132. The summed E-state index contributed by atoms with van der Waals surface area (Å²) in [5, 5.41) is 11.3. The predicted octanol–water partition coefficient (Wildman–Crippen LogP) is 0.766. The monoisotopic (exact) mass is 189 g/mol. The highest BCUT2D eigenvalue weighted by Crippen LogP contribution is 2.33. The molecule has 0 radical (unpaired) electrons. The van der Waals surface area contributed by atoms with Gasteiger partial charge in [0.25, 0.3) is 5.91 Å². The first-order valence-corrected chi connectivity index (χ1v) is 4.70. The van der Waals surface area contributed by atoms with E-state index in [4.69, 9.17) is 5.11 Å². The molecule has 1 aliphatic carbocycles. The number of carbonyl (C=O) groups excluding carboxylic acids is 1. The number of amides is 1. The number of aliphatic hydroxyl groups is 1. The van der Waals surface area contributed by atoms with E-state index in [0.29, 0.717) is 12.8 Å². The van der Waals surface area contributed by atoms with Crippen molar-refractivity contribution in [2.45, 2.75) is 44.4 Å². The molecule has 76 valence electrons. The number of carbonyl (C=O) groups is 1. The molecule has 3 nitrogen and oxygen atoms in total. The smallest absolute Gasteiger partial charge is 0.257 e. The second-order valence-electron chi connectivity index (χ2n) is 3.73. The normalized spacial score (nSPS) is 22.7. The molecule has 1 unspecified atom stereocenters. The molecule has 0 aromatic carbocycles. The molecular formula is C9H16FNO2. The van der Waals surface area contributed by atoms with Crippen LogP contribution in [-0.2, 0) is 4.79 Å². The first kappa shape index (κ1) is 10.4. The molecule has 0 bridgehead atoms. The van der Waals surface area contributed by atoms with Crippen molar-refractivity contribution in [3.05, 3.63) is 0 Å². The van der Waals surface area contributed by atoms with Crippen molar-refractivity contribution in [3.8, 4) is 0 Å². The van der Waals surface area contributed by atoms with Crippen LogP contribution in [0.15, 0.2) is 0 Å². The summed E-state index contributed by atoms with van der Waals surface area (Å²) in [6.07, 6.45) is 1.57. The van der Waals surface area contributed by atoms with E-state index in [1.165, 1.54) is 0 Å². The molecule has 0 aromatic heterocycles. The van der Waals surface area contributed by atoms with Crippen molar-refractivity contribution in [1.29, 1.82) is 0 Å². The van der Waals surface area contributed by atoms with E-state index in [9.17, 15) is 9.18 Å². The molecule has 0 saturated heterocycles. The Bertz CT molecular complexity index is 188. The van der Waals surface area contributed by atoms with Crippen LogP contribution < -0.4 is 5.32 Å². The summed E-state index contributed by atoms with van der Waals surface area (Å²) < 4.78 is 13.7. The molecule has 4 heteroatoms. The number of hydrogen-bond acceptors (Lipinski definition) is 2. The van der Waals surface area contributed by atoms with Crippen LogP contribution in [0.4, 0.5) is 4.39 Å². The Morgan fingerprint density at radius 1 is 1.62 bits per heavy atom. The fourth-order valence-corrected chi connectivity index (χ4v) is 1.56. The van der Waals surface area contributed by atoms with Crippen LogP contribution in [0.25, 0.3) is 0 Å². The van der Waals surface area contributed by atoms with Crippen molar-refractivity contribution in [2.24, 2.45) is 0 Å². The lowest BCUT2D eigenvalue weighted by atomic mass is 10.0. The highest BCUT2D eigenvalue weighted by molar-refractivity contribution is 5.85. The van der Waals surface area contributed by atoms with Crippen LogP contribution in [0.5, 0.6) is 0 Å². The topological polar surface area (TPSA) is 49.3 Å². The highest BCUT2D eigenvalue weighted by atomic mass is 19.1. The van der Waals surface area contributed by atoms with Gasteiger partial charge in [0.15, 0.2) is 5.67 Å². The van der Waals surface area contributed by atoms with Crippen LogP contribution in [0.1, 0.15) is 32.6 Å².